The highest BCUT2D eigenvalue weighted by Gasteiger charge is 2.58. The van der Waals surface area contributed by atoms with Gasteiger partial charge in [0.05, 0.1) is 6.10 Å². The Morgan fingerprint density at radius 3 is 2.23 bits per heavy atom. The summed E-state index contributed by atoms with van der Waals surface area (Å²) in [6.45, 7) is 20.5. The molecule has 1 fully saturated rings. The zero-order valence-corrected chi connectivity index (χ0v) is 20.2. The lowest BCUT2D eigenvalue weighted by atomic mass is 9.93. The molecule has 0 bridgehead atoms. The van der Waals surface area contributed by atoms with Gasteiger partial charge in [0.2, 0.25) is 5.91 Å². The number of rotatable bonds is 7. The molecule has 1 saturated heterocycles. The third kappa shape index (κ3) is 4.86. The Hall–Kier alpha value is -0.926. The number of β-lactam (4-membered cyclic amide) rings is 1. The van der Waals surface area contributed by atoms with Crippen LogP contribution in [0.2, 0.25) is 37.3 Å². The van der Waals surface area contributed by atoms with Gasteiger partial charge in [0.15, 0.2) is 22.8 Å². The molecule has 1 heterocycles. The van der Waals surface area contributed by atoms with Crippen molar-refractivity contribution in [3.05, 3.63) is 12.2 Å². The van der Waals surface area contributed by atoms with Gasteiger partial charge in [-0.05, 0) is 38.0 Å². The predicted molar refractivity (Wildman–Crippen MR) is 111 cm³/mol. The molecule has 1 rings (SSSR count). The van der Waals surface area contributed by atoms with E-state index in [1.807, 2.05) is 24.5 Å². The minimum Gasteiger partial charge on any atom is -0.441 e. The molecule has 0 aromatic carbocycles. The topological polar surface area (TPSA) is 55.8 Å². The van der Waals surface area contributed by atoms with Gasteiger partial charge in [-0.2, -0.15) is 0 Å². The summed E-state index contributed by atoms with van der Waals surface area (Å²) in [7, 11) is -4.05. The summed E-state index contributed by atoms with van der Waals surface area (Å²) < 4.78 is 13.9. The highest BCUT2D eigenvalue weighted by atomic mass is 28.4. The molecule has 7 heteroatoms. The fourth-order valence-corrected chi connectivity index (χ4v) is 7.16. The molecule has 0 aliphatic carbocycles. The lowest BCUT2D eigenvalue weighted by Gasteiger charge is -2.55. The highest BCUT2D eigenvalue weighted by molar-refractivity contribution is 6.77. The third-order valence-electron chi connectivity index (χ3n) is 5.67. The average Bonchev–Trinajstić information content (AvgIpc) is 2.41. The second-order valence-electron chi connectivity index (χ2n) is 9.40. The van der Waals surface area contributed by atoms with E-state index in [0.29, 0.717) is 0 Å². The number of allylic oxidation sites excluding steroid dienone is 2. The van der Waals surface area contributed by atoms with Crippen molar-refractivity contribution in [2.24, 2.45) is 5.92 Å². The summed E-state index contributed by atoms with van der Waals surface area (Å²) in [5.74, 6) is -0.707. The summed E-state index contributed by atoms with van der Waals surface area (Å²) in [6.07, 6.45) is 3.32. The van der Waals surface area contributed by atoms with Gasteiger partial charge in [0, 0.05) is 6.92 Å². The van der Waals surface area contributed by atoms with Crippen molar-refractivity contribution in [2.75, 3.05) is 0 Å². The summed E-state index contributed by atoms with van der Waals surface area (Å²) in [4.78, 5) is 24.7. The largest absolute Gasteiger partial charge is 0.441 e. The summed E-state index contributed by atoms with van der Waals surface area (Å²) in [6, 6.07) is 0.844. The van der Waals surface area contributed by atoms with Crippen LogP contribution in [0.25, 0.3) is 0 Å². The van der Waals surface area contributed by atoms with E-state index in [9.17, 15) is 9.59 Å². The van der Waals surface area contributed by atoms with E-state index in [4.69, 9.17) is 9.16 Å². The molecular formula is C19H37NO4Si2. The van der Waals surface area contributed by atoms with Crippen LogP contribution < -0.4 is 0 Å². The fraction of sp³-hybridized carbons (Fsp3) is 0.789. The number of esters is 1. The molecule has 2 unspecified atom stereocenters. The van der Waals surface area contributed by atoms with Crippen LogP contribution in [0.4, 0.5) is 0 Å². The van der Waals surface area contributed by atoms with E-state index in [1.165, 1.54) is 6.92 Å². The van der Waals surface area contributed by atoms with E-state index in [0.717, 1.165) is 6.04 Å². The molecular weight excluding hydrogens is 362 g/mol. The average molecular weight is 400 g/mol. The van der Waals surface area contributed by atoms with E-state index < -0.39 is 28.7 Å². The van der Waals surface area contributed by atoms with Crippen molar-refractivity contribution in [3.63, 3.8) is 0 Å². The van der Waals surface area contributed by atoms with Gasteiger partial charge in [-0.25, -0.2) is 0 Å². The molecule has 1 amide bonds. The van der Waals surface area contributed by atoms with Crippen molar-refractivity contribution in [1.29, 1.82) is 0 Å². The first-order valence-electron chi connectivity index (χ1n) is 9.45. The van der Waals surface area contributed by atoms with Crippen LogP contribution in [0.1, 0.15) is 41.5 Å². The quantitative estimate of drug-likeness (QED) is 0.273. The number of amides is 1. The van der Waals surface area contributed by atoms with Gasteiger partial charge in [-0.1, -0.05) is 46.0 Å². The van der Waals surface area contributed by atoms with Crippen molar-refractivity contribution >= 4 is 28.4 Å². The zero-order chi connectivity index (χ0) is 20.5. The maximum atomic E-state index is 13.0. The Morgan fingerprint density at radius 1 is 1.27 bits per heavy atom. The zero-order valence-electron chi connectivity index (χ0n) is 18.2. The molecule has 5 nitrogen and oxygen atoms in total. The maximum absolute atomic E-state index is 13.0. The van der Waals surface area contributed by atoms with Crippen LogP contribution in [0, 0.1) is 5.92 Å². The number of nitrogens with zero attached hydrogens (tertiary/aromatic N) is 1. The molecule has 0 radical (unpaired) electrons. The monoisotopic (exact) mass is 399 g/mol. The lowest BCUT2D eigenvalue weighted by Crippen LogP contribution is -2.73. The van der Waals surface area contributed by atoms with Gasteiger partial charge in [0.25, 0.3) is 0 Å². The summed E-state index contributed by atoms with van der Waals surface area (Å²) >= 11 is 0. The second kappa shape index (κ2) is 7.98. The molecule has 0 spiro atoms. The second-order valence-corrected chi connectivity index (χ2v) is 18.7. The highest BCUT2D eigenvalue weighted by Crippen LogP contribution is 2.42. The predicted octanol–water partition coefficient (Wildman–Crippen LogP) is 4.53. The van der Waals surface area contributed by atoms with Crippen molar-refractivity contribution < 1.29 is 18.8 Å². The van der Waals surface area contributed by atoms with Crippen LogP contribution >= 0.6 is 0 Å². The molecule has 0 N–H and O–H groups in total. The van der Waals surface area contributed by atoms with Crippen LogP contribution in [0.3, 0.4) is 0 Å². The first-order valence-corrected chi connectivity index (χ1v) is 15.5. The number of carbonyl (C=O) groups is 2. The Kier molecular flexibility index (Phi) is 7.10. The van der Waals surface area contributed by atoms with Gasteiger partial charge in [-0.15, -0.1) is 0 Å². The maximum Gasteiger partial charge on any atom is 0.304 e. The van der Waals surface area contributed by atoms with Crippen LogP contribution in [-0.2, 0) is 18.8 Å². The molecule has 26 heavy (non-hydrogen) atoms. The first kappa shape index (κ1) is 23.1. The van der Waals surface area contributed by atoms with Crippen molar-refractivity contribution in [2.45, 2.75) is 91.1 Å². The molecule has 0 aromatic heterocycles. The van der Waals surface area contributed by atoms with Crippen LogP contribution in [0.5, 0.6) is 0 Å². The third-order valence-corrected chi connectivity index (χ3v) is 13.3. The van der Waals surface area contributed by atoms with Gasteiger partial charge < -0.3 is 13.7 Å². The van der Waals surface area contributed by atoms with Gasteiger partial charge in [-0.3, -0.25) is 9.59 Å². The molecule has 1 aliphatic rings. The Labute approximate surface area is 161 Å². The minimum absolute atomic E-state index is 0.0589. The molecule has 150 valence electrons. The molecule has 3 atom stereocenters. The van der Waals surface area contributed by atoms with Crippen molar-refractivity contribution in [1.82, 2.24) is 4.57 Å². The smallest absolute Gasteiger partial charge is 0.304 e. The van der Waals surface area contributed by atoms with E-state index >= 15 is 0 Å². The van der Waals surface area contributed by atoms with E-state index in [2.05, 4.69) is 53.0 Å². The lowest BCUT2D eigenvalue weighted by molar-refractivity contribution is -0.193. The fourth-order valence-electron chi connectivity index (χ4n) is 3.08. The normalized spacial score (nSPS) is 23.2. The van der Waals surface area contributed by atoms with Crippen LogP contribution in [0.15, 0.2) is 12.2 Å². The summed E-state index contributed by atoms with van der Waals surface area (Å²) in [5, 5.41) is 0.0601. The molecule has 0 saturated carbocycles. The Morgan fingerprint density at radius 2 is 1.81 bits per heavy atom. The Bertz CT molecular complexity index is 566. The SMILES string of the molecule is C/C=C\C[Si](C)(C)N1C(=O)C([C@@H](C)O[Si](C)(C)C(C)(C)C)C1OC(C)=O. The first-order chi connectivity index (χ1) is 11.7. The molecule has 0 aromatic rings. The number of hydrogen-bond donors (Lipinski definition) is 0. The van der Waals surface area contributed by atoms with E-state index in [1.54, 1.807) is 0 Å². The van der Waals surface area contributed by atoms with E-state index in [-0.39, 0.29) is 23.0 Å². The standard InChI is InChI=1S/C19H37NO4Si2/c1-11-12-13-25(7,8)20-17(22)16(18(20)23-15(3)21)14(2)24-26(9,10)19(4,5)6/h11-12,14,16,18H,13H2,1-10H3/b12-11-/t14-,16?,18?/m1/s1. The number of ether oxygens (including phenoxy) is 1. The van der Waals surface area contributed by atoms with Gasteiger partial charge in [0.1, 0.15) is 5.92 Å². The van der Waals surface area contributed by atoms with Gasteiger partial charge >= 0.3 is 5.97 Å². The number of carbonyl (C=O) groups excluding carboxylic acids is 2. The van der Waals surface area contributed by atoms with Crippen LogP contribution in [-0.4, -0.2) is 45.3 Å². The molecule has 1 aliphatic heterocycles. The minimum atomic E-state index is -2.04. The number of hydrogen-bond acceptors (Lipinski definition) is 4. The summed E-state index contributed by atoms with van der Waals surface area (Å²) in [5.41, 5.74) is 0. The van der Waals surface area contributed by atoms with Crippen molar-refractivity contribution in [3.8, 4) is 0 Å². The Balaban J connectivity index is 3.05.